The highest BCUT2D eigenvalue weighted by Crippen LogP contribution is 2.26. The van der Waals surface area contributed by atoms with Gasteiger partial charge in [0.15, 0.2) is 0 Å². The Hall–Kier alpha value is -3.46. The van der Waals surface area contributed by atoms with Gasteiger partial charge in [0.25, 0.3) is 5.91 Å². The predicted molar refractivity (Wildman–Crippen MR) is 120 cm³/mol. The van der Waals surface area contributed by atoms with Crippen molar-refractivity contribution in [2.45, 2.75) is 13.3 Å². The molecule has 0 unspecified atom stereocenters. The standard InChI is InChI=1S/C23H27FN4O4/c1-2-9-25-21(29)15-27-10-12-28(13-11-27)20-8-7-16(14-18(20)23(31)32)26-22(30)17-5-3-4-6-19(17)24/h3-8,14H,2,9-13,15H2,1H3,(H,25,29)(H,26,30)(H,31,32). The third kappa shape index (κ3) is 5.82. The van der Waals surface area contributed by atoms with E-state index in [0.29, 0.717) is 45.0 Å². The van der Waals surface area contributed by atoms with Crippen molar-refractivity contribution in [3.05, 3.63) is 59.4 Å². The second kappa shape index (κ2) is 10.7. The van der Waals surface area contributed by atoms with Gasteiger partial charge >= 0.3 is 5.97 Å². The molecule has 1 saturated heterocycles. The van der Waals surface area contributed by atoms with Gasteiger partial charge in [-0.25, -0.2) is 9.18 Å². The van der Waals surface area contributed by atoms with Crippen molar-refractivity contribution in [1.82, 2.24) is 10.2 Å². The Labute approximate surface area is 186 Å². The van der Waals surface area contributed by atoms with Crippen molar-refractivity contribution in [2.24, 2.45) is 0 Å². The first kappa shape index (κ1) is 23.2. The predicted octanol–water partition coefficient (Wildman–Crippen LogP) is 2.42. The van der Waals surface area contributed by atoms with Crippen LogP contribution in [0.25, 0.3) is 0 Å². The molecular formula is C23H27FN4O4. The monoisotopic (exact) mass is 442 g/mol. The Kier molecular flexibility index (Phi) is 7.77. The third-order valence-corrected chi connectivity index (χ3v) is 5.26. The second-order valence-electron chi connectivity index (χ2n) is 7.58. The molecule has 3 rings (SSSR count). The van der Waals surface area contributed by atoms with Gasteiger partial charge in [-0.15, -0.1) is 0 Å². The number of benzene rings is 2. The minimum Gasteiger partial charge on any atom is -0.478 e. The molecule has 2 aromatic rings. The van der Waals surface area contributed by atoms with E-state index >= 15 is 0 Å². The maximum absolute atomic E-state index is 13.8. The summed E-state index contributed by atoms with van der Waals surface area (Å²) in [5.74, 6) is -2.44. The number of halogens is 1. The lowest BCUT2D eigenvalue weighted by molar-refractivity contribution is -0.122. The van der Waals surface area contributed by atoms with Crippen LogP contribution in [-0.2, 0) is 4.79 Å². The van der Waals surface area contributed by atoms with Gasteiger partial charge in [0.2, 0.25) is 5.91 Å². The van der Waals surface area contributed by atoms with Crippen LogP contribution in [-0.4, -0.2) is 67.1 Å². The number of carbonyl (C=O) groups excluding carboxylic acids is 2. The highest BCUT2D eigenvalue weighted by Gasteiger charge is 2.23. The van der Waals surface area contributed by atoms with Crippen molar-refractivity contribution in [3.8, 4) is 0 Å². The van der Waals surface area contributed by atoms with E-state index in [4.69, 9.17) is 0 Å². The Morgan fingerprint density at radius 1 is 1.03 bits per heavy atom. The molecule has 170 valence electrons. The average Bonchev–Trinajstić information content (AvgIpc) is 2.78. The molecule has 2 amide bonds. The van der Waals surface area contributed by atoms with Gasteiger partial charge in [0.1, 0.15) is 5.82 Å². The summed E-state index contributed by atoms with van der Waals surface area (Å²) >= 11 is 0. The molecule has 1 heterocycles. The Morgan fingerprint density at radius 3 is 2.41 bits per heavy atom. The van der Waals surface area contributed by atoms with E-state index in [1.165, 1.54) is 24.3 Å². The summed E-state index contributed by atoms with van der Waals surface area (Å²) in [5.41, 5.74) is 0.736. The number of aromatic carboxylic acids is 1. The van der Waals surface area contributed by atoms with Crippen molar-refractivity contribution < 1.29 is 23.9 Å². The number of anilines is 2. The molecule has 32 heavy (non-hydrogen) atoms. The number of carbonyl (C=O) groups is 3. The smallest absolute Gasteiger partial charge is 0.337 e. The summed E-state index contributed by atoms with van der Waals surface area (Å²) in [4.78, 5) is 40.1. The van der Waals surface area contributed by atoms with Crippen LogP contribution in [0, 0.1) is 5.82 Å². The first-order chi connectivity index (χ1) is 15.4. The van der Waals surface area contributed by atoms with Crippen LogP contribution in [0.3, 0.4) is 0 Å². The minimum absolute atomic E-state index is 0.0125. The van der Waals surface area contributed by atoms with E-state index in [-0.39, 0.29) is 22.7 Å². The number of nitrogens with zero attached hydrogens (tertiary/aromatic N) is 2. The number of hydrogen-bond acceptors (Lipinski definition) is 5. The number of nitrogens with one attached hydrogen (secondary N) is 2. The van der Waals surface area contributed by atoms with Gasteiger partial charge in [-0.1, -0.05) is 19.1 Å². The molecule has 0 spiro atoms. The van der Waals surface area contributed by atoms with Crippen LogP contribution in [0.15, 0.2) is 42.5 Å². The topological polar surface area (TPSA) is 102 Å². The Balaban J connectivity index is 1.67. The molecule has 0 radical (unpaired) electrons. The number of carboxylic acids is 1. The van der Waals surface area contributed by atoms with E-state index in [9.17, 15) is 23.9 Å². The fraction of sp³-hybridized carbons (Fsp3) is 0.348. The zero-order chi connectivity index (χ0) is 23.1. The summed E-state index contributed by atoms with van der Waals surface area (Å²) in [6.07, 6.45) is 0.883. The maximum atomic E-state index is 13.8. The van der Waals surface area contributed by atoms with Gasteiger partial charge in [-0.05, 0) is 36.8 Å². The number of piperazine rings is 1. The third-order valence-electron chi connectivity index (χ3n) is 5.26. The summed E-state index contributed by atoms with van der Waals surface area (Å²) in [6, 6.07) is 10.2. The summed E-state index contributed by atoms with van der Waals surface area (Å²) in [5, 5.41) is 15.1. The molecule has 0 aromatic heterocycles. The van der Waals surface area contributed by atoms with Crippen molar-refractivity contribution in [3.63, 3.8) is 0 Å². The molecular weight excluding hydrogens is 415 g/mol. The summed E-state index contributed by atoms with van der Waals surface area (Å²) in [6.45, 7) is 5.37. The van der Waals surface area contributed by atoms with Gasteiger partial charge in [-0.2, -0.15) is 0 Å². The van der Waals surface area contributed by atoms with E-state index in [1.54, 1.807) is 18.2 Å². The average molecular weight is 442 g/mol. The lowest BCUT2D eigenvalue weighted by atomic mass is 10.1. The fourth-order valence-electron chi connectivity index (χ4n) is 3.57. The molecule has 0 saturated carbocycles. The van der Waals surface area contributed by atoms with Gasteiger partial charge < -0.3 is 20.6 Å². The molecule has 9 heteroatoms. The first-order valence-corrected chi connectivity index (χ1v) is 10.6. The van der Waals surface area contributed by atoms with Crippen LogP contribution in [0.2, 0.25) is 0 Å². The van der Waals surface area contributed by atoms with E-state index < -0.39 is 17.7 Å². The number of carboxylic acid groups (broad SMARTS) is 1. The Morgan fingerprint density at radius 2 is 1.75 bits per heavy atom. The van der Waals surface area contributed by atoms with E-state index in [2.05, 4.69) is 10.6 Å². The lowest BCUT2D eigenvalue weighted by Gasteiger charge is -2.36. The highest BCUT2D eigenvalue weighted by molar-refractivity contribution is 6.05. The first-order valence-electron chi connectivity index (χ1n) is 10.6. The zero-order valence-corrected chi connectivity index (χ0v) is 17.9. The normalized spacial score (nSPS) is 14.1. The largest absolute Gasteiger partial charge is 0.478 e. The molecule has 2 aromatic carbocycles. The maximum Gasteiger partial charge on any atom is 0.337 e. The van der Waals surface area contributed by atoms with Crippen molar-refractivity contribution in [1.29, 1.82) is 0 Å². The van der Waals surface area contributed by atoms with Gasteiger partial charge in [-0.3, -0.25) is 14.5 Å². The number of rotatable bonds is 8. The lowest BCUT2D eigenvalue weighted by Crippen LogP contribution is -2.49. The summed E-state index contributed by atoms with van der Waals surface area (Å²) in [7, 11) is 0. The molecule has 1 aliphatic rings. The fourth-order valence-corrected chi connectivity index (χ4v) is 3.57. The summed E-state index contributed by atoms with van der Waals surface area (Å²) < 4.78 is 13.8. The molecule has 0 aliphatic carbocycles. The van der Waals surface area contributed by atoms with Crippen LogP contribution in [0.1, 0.15) is 34.1 Å². The van der Waals surface area contributed by atoms with E-state index in [0.717, 1.165) is 6.42 Å². The number of hydrogen-bond donors (Lipinski definition) is 3. The van der Waals surface area contributed by atoms with Crippen LogP contribution in [0.4, 0.5) is 15.8 Å². The van der Waals surface area contributed by atoms with Crippen LogP contribution in [0.5, 0.6) is 0 Å². The molecule has 1 fully saturated rings. The molecule has 3 N–H and O–H groups in total. The van der Waals surface area contributed by atoms with Crippen molar-refractivity contribution >= 4 is 29.2 Å². The SMILES string of the molecule is CCCNC(=O)CN1CCN(c2ccc(NC(=O)c3ccccc3F)cc2C(=O)O)CC1. The van der Waals surface area contributed by atoms with Crippen molar-refractivity contribution in [2.75, 3.05) is 49.5 Å². The second-order valence-corrected chi connectivity index (χ2v) is 7.58. The molecule has 1 aliphatic heterocycles. The van der Waals surface area contributed by atoms with Gasteiger partial charge in [0.05, 0.1) is 23.4 Å². The molecule has 0 atom stereocenters. The quantitative estimate of drug-likeness (QED) is 0.580. The van der Waals surface area contributed by atoms with E-state index in [1.807, 2.05) is 16.7 Å². The number of amides is 2. The highest BCUT2D eigenvalue weighted by atomic mass is 19.1. The van der Waals surface area contributed by atoms with Crippen LogP contribution >= 0.6 is 0 Å². The van der Waals surface area contributed by atoms with Crippen LogP contribution < -0.4 is 15.5 Å². The molecule has 8 nitrogen and oxygen atoms in total. The minimum atomic E-state index is -1.12. The molecule has 0 bridgehead atoms. The zero-order valence-electron chi connectivity index (χ0n) is 17.9. The van der Waals surface area contributed by atoms with Gasteiger partial charge in [0, 0.05) is 38.4 Å². The Bertz CT molecular complexity index is 990.